The van der Waals surface area contributed by atoms with Crippen LogP contribution in [-0.2, 0) is 14.3 Å². The summed E-state index contributed by atoms with van der Waals surface area (Å²) in [5, 5.41) is 14.7. The molecule has 188 valence electrons. The van der Waals surface area contributed by atoms with Gasteiger partial charge >= 0.3 is 12.1 Å². The van der Waals surface area contributed by atoms with Crippen molar-refractivity contribution in [2.24, 2.45) is 5.92 Å². The van der Waals surface area contributed by atoms with E-state index < -0.39 is 30.1 Å². The molecule has 2 amide bonds. The zero-order valence-electron chi connectivity index (χ0n) is 20.8. The van der Waals surface area contributed by atoms with Gasteiger partial charge < -0.3 is 25.4 Å². The van der Waals surface area contributed by atoms with Gasteiger partial charge in [-0.1, -0.05) is 62.4 Å². The van der Waals surface area contributed by atoms with Crippen LogP contribution in [0.4, 0.5) is 4.79 Å². The van der Waals surface area contributed by atoms with E-state index in [9.17, 15) is 19.5 Å². The first-order valence-electron chi connectivity index (χ1n) is 12.0. The molecule has 0 fully saturated rings. The van der Waals surface area contributed by atoms with Gasteiger partial charge in [-0.25, -0.2) is 9.59 Å². The Hall–Kier alpha value is -3.39. The predicted octanol–water partition coefficient (Wildman–Crippen LogP) is 3.46. The number of nitrogens with one attached hydrogen (secondary N) is 2. The minimum Gasteiger partial charge on any atom is -0.480 e. The summed E-state index contributed by atoms with van der Waals surface area (Å²) in [6.45, 7) is 4.50. The average molecular weight is 482 g/mol. The number of carbonyl (C=O) groups excluding carboxylic acids is 2. The SMILES string of the molecule is CC(C)C[C@@H](NC(=O)OCC1c2ccccc2-c2ccccc21)C(=O)NC(CCN(C)C)C(=O)O. The Morgan fingerprint density at radius 1 is 0.943 bits per heavy atom. The van der Waals surface area contributed by atoms with E-state index in [1.807, 2.05) is 69.2 Å². The van der Waals surface area contributed by atoms with E-state index >= 15 is 0 Å². The van der Waals surface area contributed by atoms with Gasteiger partial charge in [-0.05, 0) is 55.1 Å². The van der Waals surface area contributed by atoms with Crippen molar-refractivity contribution >= 4 is 18.0 Å². The molecule has 3 rings (SSSR count). The smallest absolute Gasteiger partial charge is 0.407 e. The van der Waals surface area contributed by atoms with Crippen LogP contribution in [-0.4, -0.2) is 67.3 Å². The molecule has 2 aromatic carbocycles. The molecule has 0 aromatic heterocycles. The molecule has 0 aliphatic heterocycles. The Morgan fingerprint density at radius 3 is 2.03 bits per heavy atom. The molecule has 1 aliphatic rings. The number of hydrogen-bond donors (Lipinski definition) is 3. The van der Waals surface area contributed by atoms with Crippen molar-refractivity contribution in [3.8, 4) is 11.1 Å². The standard InChI is InChI=1S/C27H35N3O5/c1-17(2)15-24(25(31)28-23(26(32)33)13-14-30(3)4)29-27(34)35-16-22-20-11-7-5-9-18(20)19-10-6-8-12-21(19)22/h5-12,17,22-24H,13-16H2,1-4H3,(H,28,31)(H,29,34)(H,32,33)/t23?,24-/m1/s1. The summed E-state index contributed by atoms with van der Waals surface area (Å²) >= 11 is 0. The Labute approximate surface area is 206 Å². The molecule has 0 saturated carbocycles. The lowest BCUT2D eigenvalue weighted by Crippen LogP contribution is -2.52. The van der Waals surface area contributed by atoms with E-state index in [0.29, 0.717) is 13.0 Å². The Balaban J connectivity index is 1.65. The fourth-order valence-corrected chi connectivity index (χ4v) is 4.40. The summed E-state index contributed by atoms with van der Waals surface area (Å²) in [7, 11) is 3.67. The average Bonchev–Trinajstić information content (AvgIpc) is 3.13. The van der Waals surface area contributed by atoms with E-state index in [1.54, 1.807) is 0 Å². The minimum atomic E-state index is -1.11. The van der Waals surface area contributed by atoms with Crippen LogP contribution in [0.3, 0.4) is 0 Å². The molecule has 0 saturated heterocycles. The number of aliphatic carboxylic acids is 1. The molecule has 1 aliphatic carbocycles. The highest BCUT2D eigenvalue weighted by molar-refractivity contribution is 5.89. The molecule has 3 N–H and O–H groups in total. The van der Waals surface area contributed by atoms with Crippen LogP contribution in [0.1, 0.15) is 43.7 Å². The molecule has 35 heavy (non-hydrogen) atoms. The van der Waals surface area contributed by atoms with Gasteiger partial charge in [0.15, 0.2) is 0 Å². The van der Waals surface area contributed by atoms with Crippen LogP contribution in [0.15, 0.2) is 48.5 Å². The number of fused-ring (bicyclic) bond motifs is 3. The van der Waals surface area contributed by atoms with Crippen LogP contribution in [0, 0.1) is 5.92 Å². The van der Waals surface area contributed by atoms with Gasteiger partial charge in [-0.15, -0.1) is 0 Å². The van der Waals surface area contributed by atoms with E-state index in [0.717, 1.165) is 22.3 Å². The third-order valence-corrected chi connectivity index (χ3v) is 6.14. The summed E-state index contributed by atoms with van der Waals surface area (Å²) in [4.78, 5) is 39.1. The van der Waals surface area contributed by atoms with Gasteiger partial charge in [-0.3, -0.25) is 4.79 Å². The number of alkyl carbamates (subject to hydrolysis) is 1. The van der Waals surface area contributed by atoms with Gasteiger partial charge in [0.2, 0.25) is 5.91 Å². The van der Waals surface area contributed by atoms with Crippen molar-refractivity contribution < 1.29 is 24.2 Å². The van der Waals surface area contributed by atoms with Crippen LogP contribution in [0.25, 0.3) is 11.1 Å². The molecule has 8 heteroatoms. The normalized spacial score (nSPS) is 14.2. The maximum absolute atomic E-state index is 12.9. The lowest BCUT2D eigenvalue weighted by Gasteiger charge is -2.23. The predicted molar refractivity (Wildman–Crippen MR) is 134 cm³/mol. The third kappa shape index (κ3) is 6.82. The van der Waals surface area contributed by atoms with E-state index in [1.165, 1.54) is 0 Å². The first-order valence-corrected chi connectivity index (χ1v) is 12.0. The molecule has 8 nitrogen and oxygen atoms in total. The number of carbonyl (C=O) groups is 3. The Morgan fingerprint density at radius 2 is 1.51 bits per heavy atom. The first kappa shape index (κ1) is 26.2. The molecule has 0 spiro atoms. The van der Waals surface area contributed by atoms with E-state index in [4.69, 9.17) is 4.74 Å². The van der Waals surface area contributed by atoms with Crippen LogP contribution in [0.5, 0.6) is 0 Å². The van der Waals surface area contributed by atoms with Gasteiger partial charge in [0.25, 0.3) is 0 Å². The summed E-state index contributed by atoms with van der Waals surface area (Å²) in [5.74, 6) is -1.62. The second kappa shape index (κ2) is 11.8. The second-order valence-electron chi connectivity index (χ2n) is 9.64. The molecular weight excluding hydrogens is 446 g/mol. The van der Waals surface area contributed by atoms with Crippen molar-refractivity contribution in [1.29, 1.82) is 0 Å². The van der Waals surface area contributed by atoms with Gasteiger partial charge in [0, 0.05) is 12.5 Å². The topological polar surface area (TPSA) is 108 Å². The largest absolute Gasteiger partial charge is 0.480 e. The van der Waals surface area contributed by atoms with Crippen molar-refractivity contribution in [1.82, 2.24) is 15.5 Å². The molecule has 0 radical (unpaired) electrons. The fourth-order valence-electron chi connectivity index (χ4n) is 4.40. The first-order chi connectivity index (χ1) is 16.7. The van der Waals surface area contributed by atoms with Crippen molar-refractivity contribution in [2.45, 2.75) is 44.7 Å². The zero-order chi connectivity index (χ0) is 25.5. The summed E-state index contributed by atoms with van der Waals surface area (Å²) < 4.78 is 5.58. The highest BCUT2D eigenvalue weighted by Gasteiger charge is 2.31. The zero-order valence-corrected chi connectivity index (χ0v) is 20.8. The van der Waals surface area contributed by atoms with Gasteiger partial charge in [0.1, 0.15) is 18.7 Å². The number of amides is 2. The van der Waals surface area contributed by atoms with Crippen molar-refractivity contribution in [3.05, 3.63) is 59.7 Å². The third-order valence-electron chi connectivity index (χ3n) is 6.14. The number of rotatable bonds is 11. The van der Waals surface area contributed by atoms with Crippen LogP contribution in [0.2, 0.25) is 0 Å². The molecule has 0 bridgehead atoms. The quantitative estimate of drug-likeness (QED) is 0.454. The maximum atomic E-state index is 12.9. The molecule has 2 aromatic rings. The lowest BCUT2D eigenvalue weighted by molar-refractivity contribution is -0.142. The lowest BCUT2D eigenvalue weighted by atomic mass is 9.98. The number of nitrogens with zero attached hydrogens (tertiary/aromatic N) is 1. The van der Waals surface area contributed by atoms with Crippen LogP contribution >= 0.6 is 0 Å². The molecule has 1 unspecified atom stereocenters. The van der Waals surface area contributed by atoms with Gasteiger partial charge in [-0.2, -0.15) is 0 Å². The minimum absolute atomic E-state index is 0.0899. The van der Waals surface area contributed by atoms with E-state index in [2.05, 4.69) is 22.8 Å². The number of carboxylic acids is 1. The fraction of sp³-hybridized carbons (Fsp3) is 0.444. The maximum Gasteiger partial charge on any atom is 0.407 e. The Kier molecular flexibility index (Phi) is 8.87. The number of hydrogen-bond acceptors (Lipinski definition) is 5. The Bertz CT molecular complexity index is 1010. The van der Waals surface area contributed by atoms with Gasteiger partial charge in [0.05, 0.1) is 0 Å². The second-order valence-corrected chi connectivity index (χ2v) is 9.64. The highest BCUT2D eigenvalue weighted by atomic mass is 16.5. The molecular formula is C27H35N3O5. The number of benzene rings is 2. The molecule has 2 atom stereocenters. The molecule has 0 heterocycles. The van der Waals surface area contributed by atoms with E-state index in [-0.39, 0.29) is 24.9 Å². The summed E-state index contributed by atoms with van der Waals surface area (Å²) in [5.41, 5.74) is 4.46. The van der Waals surface area contributed by atoms with Crippen molar-refractivity contribution in [2.75, 3.05) is 27.2 Å². The number of ether oxygens (including phenoxy) is 1. The number of carboxylic acid groups (broad SMARTS) is 1. The highest BCUT2D eigenvalue weighted by Crippen LogP contribution is 2.44. The summed E-state index contributed by atoms with van der Waals surface area (Å²) in [6.07, 6.45) is -0.0865. The van der Waals surface area contributed by atoms with Crippen molar-refractivity contribution in [3.63, 3.8) is 0 Å². The van der Waals surface area contributed by atoms with Crippen LogP contribution < -0.4 is 10.6 Å². The summed E-state index contributed by atoms with van der Waals surface area (Å²) in [6, 6.07) is 14.2. The monoisotopic (exact) mass is 481 g/mol.